The Balaban J connectivity index is 1.72. The van der Waals surface area contributed by atoms with Crippen LogP contribution in [0.1, 0.15) is 32.1 Å². The van der Waals surface area contributed by atoms with Gasteiger partial charge in [0.05, 0.1) is 0 Å². The number of carbonyl (C=O) groups excluding carboxylic acids is 1. The van der Waals surface area contributed by atoms with E-state index in [0.29, 0.717) is 17.9 Å². The fraction of sp³-hybridized carbons (Fsp3) is 0.875. The van der Waals surface area contributed by atoms with Gasteiger partial charge in [0.2, 0.25) is 5.91 Å². The maximum Gasteiger partial charge on any atom is 0.223 e. The van der Waals surface area contributed by atoms with Crippen molar-refractivity contribution in [1.82, 2.24) is 5.32 Å². The van der Waals surface area contributed by atoms with Gasteiger partial charge >= 0.3 is 0 Å². The summed E-state index contributed by atoms with van der Waals surface area (Å²) < 4.78 is 0. The molecule has 2 heteroatoms. The molecule has 2 saturated carbocycles. The molecule has 0 aromatic carbocycles. The number of nitrogens with one attached hydrogen (secondary N) is 1. The monoisotopic (exact) mass is 139 g/mol. The number of carbonyl (C=O) groups is 1. The predicted octanol–water partition coefficient (Wildman–Crippen LogP) is 1.07. The summed E-state index contributed by atoms with van der Waals surface area (Å²) in [6.45, 7) is 0. The van der Waals surface area contributed by atoms with E-state index < -0.39 is 0 Å². The van der Waals surface area contributed by atoms with Crippen LogP contribution in [0.3, 0.4) is 0 Å². The number of hydrogen-bond donors (Lipinski definition) is 1. The highest BCUT2D eigenvalue weighted by molar-refractivity contribution is 5.81. The quantitative estimate of drug-likeness (QED) is 0.609. The molecule has 0 bridgehead atoms. The molecular formula is C8H13NO. The lowest BCUT2D eigenvalue weighted by Gasteiger charge is -2.26. The molecule has 0 saturated heterocycles. The molecule has 10 heavy (non-hydrogen) atoms. The second-order valence-electron chi connectivity index (χ2n) is 3.41. The Morgan fingerprint density at radius 2 is 1.90 bits per heavy atom. The SMILES string of the molecule is O=C(NC1CCC1)C1CC1. The molecule has 2 nitrogen and oxygen atoms in total. The molecule has 56 valence electrons. The van der Waals surface area contributed by atoms with Gasteiger partial charge in [0.25, 0.3) is 0 Å². The van der Waals surface area contributed by atoms with Gasteiger partial charge in [0.1, 0.15) is 0 Å². The van der Waals surface area contributed by atoms with E-state index in [0.717, 1.165) is 12.8 Å². The third-order valence-corrected chi connectivity index (χ3v) is 2.40. The summed E-state index contributed by atoms with van der Waals surface area (Å²) in [5.41, 5.74) is 0. The fourth-order valence-corrected chi connectivity index (χ4v) is 1.22. The highest BCUT2D eigenvalue weighted by atomic mass is 16.2. The lowest BCUT2D eigenvalue weighted by atomic mass is 9.93. The van der Waals surface area contributed by atoms with E-state index >= 15 is 0 Å². The minimum atomic E-state index is 0.310. The van der Waals surface area contributed by atoms with Crippen molar-refractivity contribution in [1.29, 1.82) is 0 Å². The van der Waals surface area contributed by atoms with Crippen LogP contribution in [-0.2, 0) is 4.79 Å². The van der Waals surface area contributed by atoms with Crippen molar-refractivity contribution >= 4 is 5.91 Å². The Morgan fingerprint density at radius 3 is 2.30 bits per heavy atom. The molecule has 0 aliphatic heterocycles. The van der Waals surface area contributed by atoms with E-state index in [-0.39, 0.29) is 0 Å². The lowest BCUT2D eigenvalue weighted by molar-refractivity contribution is -0.123. The molecule has 2 rings (SSSR count). The normalized spacial score (nSPS) is 25.6. The van der Waals surface area contributed by atoms with Crippen molar-refractivity contribution in [2.24, 2.45) is 5.92 Å². The molecule has 0 aromatic rings. The van der Waals surface area contributed by atoms with Gasteiger partial charge in [0, 0.05) is 12.0 Å². The smallest absolute Gasteiger partial charge is 0.223 e. The predicted molar refractivity (Wildman–Crippen MR) is 38.5 cm³/mol. The molecule has 1 amide bonds. The third kappa shape index (κ3) is 1.15. The Morgan fingerprint density at radius 1 is 1.20 bits per heavy atom. The first-order valence-corrected chi connectivity index (χ1v) is 4.16. The van der Waals surface area contributed by atoms with E-state index in [9.17, 15) is 4.79 Å². The van der Waals surface area contributed by atoms with E-state index in [1.54, 1.807) is 0 Å². The first-order chi connectivity index (χ1) is 4.86. The average molecular weight is 139 g/mol. The van der Waals surface area contributed by atoms with Crippen LogP contribution in [-0.4, -0.2) is 11.9 Å². The van der Waals surface area contributed by atoms with Crippen LogP contribution in [0.25, 0.3) is 0 Å². The van der Waals surface area contributed by atoms with Gasteiger partial charge in [-0.25, -0.2) is 0 Å². The summed E-state index contributed by atoms with van der Waals surface area (Å²) in [5.74, 6) is 0.699. The molecule has 0 aromatic heterocycles. The van der Waals surface area contributed by atoms with E-state index in [2.05, 4.69) is 5.32 Å². The maximum absolute atomic E-state index is 11.1. The second-order valence-corrected chi connectivity index (χ2v) is 3.41. The van der Waals surface area contributed by atoms with Crippen molar-refractivity contribution < 1.29 is 4.79 Å². The van der Waals surface area contributed by atoms with Crippen LogP contribution in [0.2, 0.25) is 0 Å². The summed E-state index contributed by atoms with van der Waals surface area (Å²) in [6, 6.07) is 0.535. The molecule has 0 radical (unpaired) electrons. The van der Waals surface area contributed by atoms with Gasteiger partial charge in [-0.2, -0.15) is 0 Å². The van der Waals surface area contributed by atoms with Crippen molar-refractivity contribution in [3.8, 4) is 0 Å². The van der Waals surface area contributed by atoms with Crippen LogP contribution in [0.5, 0.6) is 0 Å². The van der Waals surface area contributed by atoms with E-state index in [1.807, 2.05) is 0 Å². The zero-order valence-electron chi connectivity index (χ0n) is 6.10. The van der Waals surface area contributed by atoms with Crippen LogP contribution in [0.4, 0.5) is 0 Å². The topological polar surface area (TPSA) is 29.1 Å². The van der Waals surface area contributed by atoms with Gasteiger partial charge in [-0.15, -0.1) is 0 Å². The Kier molecular flexibility index (Phi) is 1.40. The molecular weight excluding hydrogens is 126 g/mol. The van der Waals surface area contributed by atoms with Gasteiger partial charge < -0.3 is 5.32 Å². The number of rotatable bonds is 2. The molecule has 1 N–H and O–H groups in total. The zero-order chi connectivity index (χ0) is 6.97. The minimum absolute atomic E-state index is 0.310. The van der Waals surface area contributed by atoms with Crippen molar-refractivity contribution in [3.63, 3.8) is 0 Å². The largest absolute Gasteiger partial charge is 0.353 e. The third-order valence-electron chi connectivity index (χ3n) is 2.40. The molecule has 2 aliphatic carbocycles. The van der Waals surface area contributed by atoms with Crippen LogP contribution in [0.15, 0.2) is 0 Å². The standard InChI is InChI=1S/C8H13NO/c10-8(6-4-5-6)9-7-2-1-3-7/h6-7H,1-5H2,(H,9,10). The minimum Gasteiger partial charge on any atom is -0.353 e. The molecule has 0 unspecified atom stereocenters. The Hall–Kier alpha value is -0.530. The van der Waals surface area contributed by atoms with Crippen molar-refractivity contribution in [3.05, 3.63) is 0 Å². The summed E-state index contributed by atoms with van der Waals surface area (Å²) >= 11 is 0. The molecule has 2 fully saturated rings. The Bertz CT molecular complexity index is 147. The lowest BCUT2D eigenvalue weighted by Crippen LogP contribution is -2.40. The summed E-state index contributed by atoms with van der Waals surface area (Å²) in [6.07, 6.45) is 5.96. The molecule has 0 spiro atoms. The van der Waals surface area contributed by atoms with Gasteiger partial charge in [0.15, 0.2) is 0 Å². The van der Waals surface area contributed by atoms with Crippen LogP contribution < -0.4 is 5.32 Å². The van der Waals surface area contributed by atoms with E-state index in [1.165, 1.54) is 19.3 Å². The zero-order valence-corrected chi connectivity index (χ0v) is 6.10. The first kappa shape index (κ1) is 6.20. The van der Waals surface area contributed by atoms with Gasteiger partial charge in [-0.3, -0.25) is 4.79 Å². The number of amides is 1. The fourth-order valence-electron chi connectivity index (χ4n) is 1.22. The van der Waals surface area contributed by atoms with Gasteiger partial charge in [-0.1, -0.05) is 0 Å². The summed E-state index contributed by atoms with van der Waals surface area (Å²) in [7, 11) is 0. The summed E-state index contributed by atoms with van der Waals surface area (Å²) in [5, 5.41) is 3.04. The molecule has 2 aliphatic rings. The highest BCUT2D eigenvalue weighted by Gasteiger charge is 2.31. The Labute approximate surface area is 61.0 Å². The van der Waals surface area contributed by atoms with Gasteiger partial charge in [-0.05, 0) is 32.1 Å². The number of hydrogen-bond acceptors (Lipinski definition) is 1. The average Bonchev–Trinajstić information content (AvgIpc) is 2.58. The maximum atomic E-state index is 11.1. The first-order valence-electron chi connectivity index (χ1n) is 4.16. The van der Waals surface area contributed by atoms with Crippen LogP contribution in [0, 0.1) is 5.92 Å². The van der Waals surface area contributed by atoms with Crippen molar-refractivity contribution in [2.45, 2.75) is 38.1 Å². The van der Waals surface area contributed by atoms with Crippen LogP contribution >= 0.6 is 0 Å². The molecule has 0 heterocycles. The second kappa shape index (κ2) is 2.26. The summed E-state index contributed by atoms with van der Waals surface area (Å²) in [4.78, 5) is 11.1. The van der Waals surface area contributed by atoms with Crippen molar-refractivity contribution in [2.75, 3.05) is 0 Å². The molecule has 0 atom stereocenters. The van der Waals surface area contributed by atoms with E-state index in [4.69, 9.17) is 0 Å². The highest BCUT2D eigenvalue weighted by Crippen LogP contribution is 2.30.